The summed E-state index contributed by atoms with van der Waals surface area (Å²) in [6, 6.07) is 16.3. The number of rotatable bonds is 4. The summed E-state index contributed by atoms with van der Waals surface area (Å²) in [5.74, 6) is -0.109. The third-order valence-corrected chi connectivity index (χ3v) is 3.81. The van der Waals surface area contributed by atoms with Crippen LogP contribution < -0.4 is 14.4 Å². The Hall–Kier alpha value is -2.82. The fourth-order valence-electron chi connectivity index (χ4n) is 2.62. The maximum atomic E-state index is 12.3. The smallest absolute Gasteiger partial charge is 0.316 e. The highest BCUT2D eigenvalue weighted by Crippen LogP contribution is 2.29. The molecule has 1 saturated heterocycles. The summed E-state index contributed by atoms with van der Waals surface area (Å²) in [7, 11) is 1.52. The van der Waals surface area contributed by atoms with Crippen molar-refractivity contribution in [2.45, 2.75) is 6.42 Å². The lowest BCUT2D eigenvalue weighted by Crippen LogP contribution is -2.27. The molecule has 1 heterocycles. The number of anilines is 1. The lowest BCUT2D eigenvalue weighted by atomic mass is 10.1. The first-order valence-corrected chi connectivity index (χ1v) is 7.39. The van der Waals surface area contributed by atoms with Crippen LogP contribution in [0.2, 0.25) is 0 Å². The van der Waals surface area contributed by atoms with Gasteiger partial charge in [0, 0.05) is 18.7 Å². The summed E-state index contributed by atoms with van der Waals surface area (Å²) in [6.45, 7) is 0.330. The number of carbonyl (C=O) groups excluding carboxylic acids is 2. The van der Waals surface area contributed by atoms with Crippen LogP contribution in [0.4, 0.5) is 5.69 Å². The zero-order valence-corrected chi connectivity index (χ0v) is 12.8. The Bertz CT molecular complexity index is 714. The van der Waals surface area contributed by atoms with Gasteiger partial charge in [-0.3, -0.25) is 9.59 Å². The van der Waals surface area contributed by atoms with Crippen molar-refractivity contribution in [1.82, 2.24) is 0 Å². The average Bonchev–Trinajstić information content (AvgIpc) is 2.98. The third-order valence-electron chi connectivity index (χ3n) is 3.81. The van der Waals surface area contributed by atoms with Gasteiger partial charge in [-0.15, -0.1) is 0 Å². The van der Waals surface area contributed by atoms with Crippen LogP contribution in [0.25, 0.3) is 0 Å². The minimum absolute atomic E-state index is 0.0711. The second kappa shape index (κ2) is 6.52. The molecule has 0 saturated carbocycles. The first kappa shape index (κ1) is 15.1. The van der Waals surface area contributed by atoms with Crippen LogP contribution in [0.1, 0.15) is 6.42 Å². The molecule has 0 aromatic heterocycles. The summed E-state index contributed by atoms with van der Waals surface area (Å²) in [4.78, 5) is 26.1. The van der Waals surface area contributed by atoms with Gasteiger partial charge in [0.05, 0.1) is 13.0 Å². The Morgan fingerprint density at radius 3 is 2.39 bits per heavy atom. The van der Waals surface area contributed by atoms with Crippen molar-refractivity contribution in [1.29, 1.82) is 0 Å². The van der Waals surface area contributed by atoms with Gasteiger partial charge < -0.3 is 14.4 Å². The molecule has 118 valence electrons. The lowest BCUT2D eigenvalue weighted by Gasteiger charge is -2.16. The van der Waals surface area contributed by atoms with Crippen LogP contribution in [-0.2, 0) is 9.59 Å². The Labute approximate surface area is 134 Å². The topological polar surface area (TPSA) is 55.8 Å². The van der Waals surface area contributed by atoms with E-state index < -0.39 is 11.9 Å². The molecular weight excluding hydrogens is 294 g/mol. The van der Waals surface area contributed by atoms with Crippen molar-refractivity contribution in [3.8, 4) is 11.5 Å². The highest BCUT2D eigenvalue weighted by atomic mass is 16.6. The van der Waals surface area contributed by atoms with E-state index in [0.29, 0.717) is 18.0 Å². The minimum Gasteiger partial charge on any atom is -0.493 e. The number of benzene rings is 2. The number of amides is 1. The van der Waals surface area contributed by atoms with E-state index >= 15 is 0 Å². The quantitative estimate of drug-likeness (QED) is 0.643. The van der Waals surface area contributed by atoms with Gasteiger partial charge in [0.1, 0.15) is 0 Å². The number of ether oxygens (including phenoxy) is 2. The Kier molecular flexibility index (Phi) is 4.28. The number of hydrogen-bond acceptors (Lipinski definition) is 4. The highest BCUT2D eigenvalue weighted by molar-refractivity contribution is 5.99. The van der Waals surface area contributed by atoms with Crippen LogP contribution in [0.5, 0.6) is 11.5 Å². The molecule has 1 atom stereocenters. The predicted octanol–water partition coefficient (Wildman–Crippen LogP) is 2.65. The number of hydrogen-bond donors (Lipinski definition) is 0. The fraction of sp³-hybridized carbons (Fsp3) is 0.222. The Morgan fingerprint density at radius 2 is 1.70 bits per heavy atom. The van der Waals surface area contributed by atoms with E-state index in [-0.39, 0.29) is 12.3 Å². The largest absolute Gasteiger partial charge is 0.493 e. The summed E-state index contributed by atoms with van der Waals surface area (Å²) in [6.07, 6.45) is 0.156. The summed E-state index contributed by atoms with van der Waals surface area (Å²) >= 11 is 0. The molecule has 0 bridgehead atoms. The average molecular weight is 311 g/mol. The minimum atomic E-state index is -0.479. The van der Waals surface area contributed by atoms with Crippen molar-refractivity contribution in [3.05, 3.63) is 54.6 Å². The molecule has 2 aromatic carbocycles. The summed E-state index contributed by atoms with van der Waals surface area (Å²) in [5, 5.41) is 0. The second-order valence-corrected chi connectivity index (χ2v) is 5.31. The van der Waals surface area contributed by atoms with Gasteiger partial charge in [-0.25, -0.2) is 0 Å². The standard InChI is InChI=1S/C18H17NO4/c1-22-15-9-5-6-10-16(15)23-18(21)13-11-17(20)19(12-13)14-7-3-2-4-8-14/h2-10,13H,11-12H2,1H3/t13-/m1/s1. The molecule has 0 N–H and O–H groups in total. The van der Waals surface area contributed by atoms with Gasteiger partial charge in [-0.05, 0) is 24.3 Å². The predicted molar refractivity (Wildman–Crippen MR) is 85.5 cm³/mol. The molecule has 1 aliphatic heterocycles. The van der Waals surface area contributed by atoms with Crippen LogP contribution in [-0.4, -0.2) is 25.5 Å². The second-order valence-electron chi connectivity index (χ2n) is 5.31. The number of para-hydroxylation sites is 3. The maximum absolute atomic E-state index is 12.3. The molecule has 1 amide bonds. The van der Waals surface area contributed by atoms with Crippen LogP contribution >= 0.6 is 0 Å². The van der Waals surface area contributed by atoms with Gasteiger partial charge >= 0.3 is 5.97 Å². The SMILES string of the molecule is COc1ccccc1OC(=O)[C@@H]1CC(=O)N(c2ccccc2)C1. The molecule has 5 nitrogen and oxygen atoms in total. The van der Waals surface area contributed by atoms with Gasteiger partial charge in [0.2, 0.25) is 5.91 Å². The molecule has 0 spiro atoms. The Balaban J connectivity index is 1.71. The fourth-order valence-corrected chi connectivity index (χ4v) is 2.62. The summed E-state index contributed by atoms with van der Waals surface area (Å²) in [5.41, 5.74) is 0.796. The van der Waals surface area contributed by atoms with Crippen molar-refractivity contribution < 1.29 is 19.1 Å². The molecule has 23 heavy (non-hydrogen) atoms. The van der Waals surface area contributed by atoms with E-state index in [4.69, 9.17) is 9.47 Å². The van der Waals surface area contributed by atoms with Gasteiger partial charge in [-0.2, -0.15) is 0 Å². The highest BCUT2D eigenvalue weighted by Gasteiger charge is 2.36. The van der Waals surface area contributed by atoms with Crippen molar-refractivity contribution in [2.75, 3.05) is 18.6 Å². The van der Waals surface area contributed by atoms with Crippen LogP contribution in [0.3, 0.4) is 0 Å². The number of esters is 1. The molecule has 0 aliphatic carbocycles. The molecule has 1 fully saturated rings. The first-order valence-electron chi connectivity index (χ1n) is 7.39. The van der Waals surface area contributed by atoms with Crippen LogP contribution in [0, 0.1) is 5.92 Å². The van der Waals surface area contributed by atoms with Gasteiger partial charge in [0.15, 0.2) is 11.5 Å². The van der Waals surface area contributed by atoms with Crippen molar-refractivity contribution >= 4 is 17.6 Å². The number of carbonyl (C=O) groups is 2. The zero-order valence-electron chi connectivity index (χ0n) is 12.8. The molecule has 5 heteroatoms. The maximum Gasteiger partial charge on any atom is 0.316 e. The lowest BCUT2D eigenvalue weighted by molar-refractivity contribution is -0.139. The summed E-state index contributed by atoms with van der Waals surface area (Å²) < 4.78 is 10.6. The van der Waals surface area contributed by atoms with Crippen molar-refractivity contribution in [3.63, 3.8) is 0 Å². The zero-order chi connectivity index (χ0) is 16.2. The van der Waals surface area contributed by atoms with E-state index in [2.05, 4.69) is 0 Å². The van der Waals surface area contributed by atoms with E-state index in [0.717, 1.165) is 5.69 Å². The molecule has 0 unspecified atom stereocenters. The first-order chi connectivity index (χ1) is 11.2. The molecule has 0 radical (unpaired) electrons. The van der Waals surface area contributed by atoms with E-state index in [1.54, 1.807) is 29.2 Å². The van der Waals surface area contributed by atoms with Crippen LogP contribution in [0.15, 0.2) is 54.6 Å². The number of methoxy groups -OCH3 is 1. The molecule has 3 rings (SSSR count). The monoisotopic (exact) mass is 311 g/mol. The van der Waals surface area contributed by atoms with E-state index in [1.807, 2.05) is 30.3 Å². The number of nitrogens with zero attached hydrogens (tertiary/aromatic N) is 1. The molecule has 2 aromatic rings. The third kappa shape index (κ3) is 3.18. The van der Waals surface area contributed by atoms with Gasteiger partial charge in [-0.1, -0.05) is 30.3 Å². The van der Waals surface area contributed by atoms with Crippen molar-refractivity contribution in [2.24, 2.45) is 5.92 Å². The Morgan fingerprint density at radius 1 is 1.04 bits per heavy atom. The van der Waals surface area contributed by atoms with E-state index in [1.165, 1.54) is 7.11 Å². The van der Waals surface area contributed by atoms with E-state index in [9.17, 15) is 9.59 Å². The normalized spacial score (nSPS) is 17.2. The molecule has 1 aliphatic rings. The van der Waals surface area contributed by atoms with Gasteiger partial charge in [0.25, 0.3) is 0 Å². The molecular formula is C18H17NO4.